The maximum atomic E-state index is 12.7. The van der Waals surface area contributed by atoms with Gasteiger partial charge >= 0.3 is 11.7 Å². The van der Waals surface area contributed by atoms with Crippen molar-refractivity contribution in [2.45, 2.75) is 58.5 Å². The summed E-state index contributed by atoms with van der Waals surface area (Å²) < 4.78 is 6.45. The monoisotopic (exact) mass is 295 g/mol. The number of aromatic nitrogens is 1. The van der Waals surface area contributed by atoms with Crippen molar-refractivity contribution in [3.05, 3.63) is 21.7 Å². The number of nitrogens with zero attached hydrogens (tertiary/aromatic N) is 2. The summed E-state index contributed by atoms with van der Waals surface area (Å²) in [5.74, 6) is 0. The Bertz CT molecular complexity index is 561. The smallest absolute Gasteiger partial charge is 0.327 e. The van der Waals surface area contributed by atoms with Crippen LogP contribution in [0.3, 0.4) is 0 Å². The van der Waals surface area contributed by atoms with Crippen LogP contribution in [0.2, 0.25) is 0 Å². The number of rotatable bonds is 4. The summed E-state index contributed by atoms with van der Waals surface area (Å²) in [7, 11) is 1.91. The third-order valence-corrected chi connectivity index (χ3v) is 4.40. The summed E-state index contributed by atoms with van der Waals surface area (Å²) in [4.78, 5) is 26.4. The fourth-order valence-electron chi connectivity index (χ4n) is 3.14. The zero-order chi connectivity index (χ0) is 15.6. The van der Waals surface area contributed by atoms with Crippen molar-refractivity contribution >= 4 is 6.03 Å². The Morgan fingerprint density at radius 2 is 2.14 bits per heavy atom. The van der Waals surface area contributed by atoms with Crippen molar-refractivity contribution in [3.63, 3.8) is 0 Å². The number of nitrogens with one attached hydrogen (secondary N) is 1. The van der Waals surface area contributed by atoms with E-state index in [-0.39, 0.29) is 23.7 Å². The minimum atomic E-state index is -0.383. The van der Waals surface area contributed by atoms with Crippen molar-refractivity contribution in [2.75, 3.05) is 13.6 Å². The van der Waals surface area contributed by atoms with Crippen molar-refractivity contribution in [2.24, 2.45) is 0 Å². The molecule has 1 aliphatic rings. The molecule has 1 fully saturated rings. The highest BCUT2D eigenvalue weighted by Crippen LogP contribution is 2.20. The van der Waals surface area contributed by atoms with Gasteiger partial charge in [-0.05, 0) is 33.2 Å². The molecule has 21 heavy (non-hydrogen) atoms. The number of carbonyl (C=O) groups excluding carboxylic acids is 1. The molecule has 118 valence electrons. The molecule has 2 atom stereocenters. The molecule has 2 heterocycles. The van der Waals surface area contributed by atoms with Crippen LogP contribution in [-0.2, 0) is 12.8 Å². The molecule has 1 N–H and O–H groups in total. The number of likely N-dealkylation sites (tertiary alicyclic amines) is 1. The minimum Gasteiger partial charge on any atom is -0.327 e. The third kappa shape index (κ3) is 2.77. The van der Waals surface area contributed by atoms with Gasteiger partial charge in [-0.1, -0.05) is 20.3 Å². The van der Waals surface area contributed by atoms with E-state index in [1.807, 2.05) is 27.8 Å². The number of amides is 1. The summed E-state index contributed by atoms with van der Waals surface area (Å²) >= 11 is 0. The van der Waals surface area contributed by atoms with Crippen LogP contribution in [0.5, 0.6) is 0 Å². The number of hydrogen-bond acceptors (Lipinski definition) is 4. The number of carbonyl (C=O) groups is 1. The lowest BCUT2D eigenvalue weighted by Crippen LogP contribution is -2.43. The van der Waals surface area contributed by atoms with E-state index in [9.17, 15) is 9.59 Å². The van der Waals surface area contributed by atoms with Gasteiger partial charge in [-0.15, -0.1) is 4.74 Å². The predicted molar refractivity (Wildman–Crippen MR) is 80.8 cm³/mol. The molecule has 1 saturated heterocycles. The molecule has 6 nitrogen and oxygen atoms in total. The van der Waals surface area contributed by atoms with E-state index >= 15 is 0 Å². The quantitative estimate of drug-likeness (QED) is 0.916. The normalized spacial score (nSPS) is 22.0. The van der Waals surface area contributed by atoms with Gasteiger partial charge in [-0.25, -0.2) is 9.59 Å². The number of likely N-dealkylation sites (N-methyl/N-ethyl adjacent to an activating group) is 1. The highest BCUT2D eigenvalue weighted by molar-refractivity contribution is 5.77. The molecule has 0 radical (unpaired) electrons. The van der Waals surface area contributed by atoms with Gasteiger partial charge in [0.15, 0.2) is 0 Å². The average Bonchev–Trinajstić information content (AvgIpc) is 2.99. The topological polar surface area (TPSA) is 67.5 Å². The second-order valence-corrected chi connectivity index (χ2v) is 5.60. The Morgan fingerprint density at radius 3 is 2.67 bits per heavy atom. The fourth-order valence-corrected chi connectivity index (χ4v) is 3.14. The molecule has 0 spiro atoms. The van der Waals surface area contributed by atoms with Crippen LogP contribution in [0.25, 0.3) is 0 Å². The standard InChI is InChI=1S/C15H25N3O3/c1-5-7-13-11(6-2)14(19)21-18(13)15(20)17-9-8-12(16-4)10(17)3/h10,12,16H,5-9H2,1-4H3. The Morgan fingerprint density at radius 1 is 1.43 bits per heavy atom. The Kier molecular flexibility index (Phi) is 4.88. The van der Waals surface area contributed by atoms with Crippen molar-refractivity contribution in [3.8, 4) is 0 Å². The predicted octanol–water partition coefficient (Wildman–Crippen LogP) is 1.61. The van der Waals surface area contributed by atoms with Gasteiger partial charge in [0.2, 0.25) is 0 Å². The lowest BCUT2D eigenvalue weighted by Gasteiger charge is -2.24. The summed E-state index contributed by atoms with van der Waals surface area (Å²) in [6.45, 7) is 6.64. The summed E-state index contributed by atoms with van der Waals surface area (Å²) in [6.07, 6.45) is 3.05. The summed E-state index contributed by atoms with van der Waals surface area (Å²) in [5.41, 5.74) is 0.976. The van der Waals surface area contributed by atoms with E-state index in [4.69, 9.17) is 4.52 Å². The maximum absolute atomic E-state index is 12.7. The molecular weight excluding hydrogens is 270 g/mol. The Balaban J connectivity index is 2.33. The molecule has 1 aromatic heterocycles. The molecule has 0 bridgehead atoms. The van der Waals surface area contributed by atoms with Crippen LogP contribution >= 0.6 is 0 Å². The largest absolute Gasteiger partial charge is 0.361 e. The second-order valence-electron chi connectivity index (χ2n) is 5.60. The van der Waals surface area contributed by atoms with Gasteiger partial charge in [0.25, 0.3) is 0 Å². The molecule has 2 unspecified atom stereocenters. The highest BCUT2D eigenvalue weighted by Gasteiger charge is 2.35. The van der Waals surface area contributed by atoms with Gasteiger partial charge in [0.05, 0.1) is 11.3 Å². The first-order valence-corrected chi connectivity index (χ1v) is 7.77. The van der Waals surface area contributed by atoms with Crippen molar-refractivity contribution in [1.29, 1.82) is 0 Å². The van der Waals surface area contributed by atoms with E-state index in [1.165, 1.54) is 4.74 Å². The Labute approximate surface area is 125 Å². The van der Waals surface area contributed by atoms with Gasteiger partial charge in [0.1, 0.15) is 0 Å². The van der Waals surface area contributed by atoms with Gasteiger partial charge < -0.3 is 14.7 Å². The molecule has 0 aliphatic carbocycles. The first-order valence-electron chi connectivity index (χ1n) is 7.77. The highest BCUT2D eigenvalue weighted by atomic mass is 16.5. The van der Waals surface area contributed by atoms with Gasteiger partial charge in [-0.3, -0.25) is 0 Å². The van der Waals surface area contributed by atoms with Crippen molar-refractivity contribution in [1.82, 2.24) is 15.0 Å². The van der Waals surface area contributed by atoms with E-state index in [0.717, 1.165) is 18.5 Å². The molecule has 0 aromatic carbocycles. The van der Waals surface area contributed by atoms with E-state index in [0.29, 0.717) is 24.9 Å². The van der Waals surface area contributed by atoms with Crippen LogP contribution < -0.4 is 10.9 Å². The van der Waals surface area contributed by atoms with Crippen LogP contribution in [-0.4, -0.2) is 41.3 Å². The lowest BCUT2D eigenvalue weighted by molar-refractivity contribution is 0.159. The SMILES string of the molecule is CCCc1c(CC)c(=O)on1C(=O)N1CCC(NC)C1C. The second kappa shape index (κ2) is 6.47. The Hall–Kier alpha value is -1.56. The molecule has 1 aromatic rings. The van der Waals surface area contributed by atoms with E-state index in [1.54, 1.807) is 4.90 Å². The zero-order valence-electron chi connectivity index (χ0n) is 13.3. The minimum absolute atomic E-state index is 0.0924. The zero-order valence-corrected chi connectivity index (χ0v) is 13.3. The molecular formula is C15H25N3O3. The number of hydrogen-bond donors (Lipinski definition) is 1. The first kappa shape index (κ1) is 15.8. The van der Waals surface area contributed by atoms with E-state index < -0.39 is 0 Å². The maximum Gasteiger partial charge on any atom is 0.361 e. The molecule has 1 amide bonds. The molecule has 6 heteroatoms. The summed E-state index contributed by atoms with van der Waals surface area (Å²) in [6, 6.07) is 0.159. The van der Waals surface area contributed by atoms with Crippen LogP contribution in [0.1, 0.15) is 44.9 Å². The fraction of sp³-hybridized carbons (Fsp3) is 0.733. The van der Waals surface area contributed by atoms with Gasteiger partial charge in [0, 0.05) is 18.6 Å². The van der Waals surface area contributed by atoms with Crippen molar-refractivity contribution < 1.29 is 9.32 Å². The summed E-state index contributed by atoms with van der Waals surface area (Å²) in [5, 5.41) is 3.22. The third-order valence-electron chi connectivity index (χ3n) is 4.40. The van der Waals surface area contributed by atoms with Crippen LogP contribution in [0.4, 0.5) is 4.79 Å². The molecule has 0 saturated carbocycles. The lowest BCUT2D eigenvalue weighted by atomic mass is 10.1. The average molecular weight is 295 g/mol. The first-order chi connectivity index (χ1) is 10.0. The molecule has 2 rings (SSSR count). The molecule has 1 aliphatic heterocycles. The van der Waals surface area contributed by atoms with Gasteiger partial charge in [-0.2, -0.15) is 0 Å². The van der Waals surface area contributed by atoms with Crippen LogP contribution in [0, 0.1) is 0 Å². The van der Waals surface area contributed by atoms with E-state index in [2.05, 4.69) is 5.32 Å². The van der Waals surface area contributed by atoms with Crippen LogP contribution in [0.15, 0.2) is 9.32 Å².